The molecule has 0 bridgehead atoms. The summed E-state index contributed by atoms with van der Waals surface area (Å²) >= 11 is 1.41. The highest BCUT2D eigenvalue weighted by atomic mass is 32.1. The Kier molecular flexibility index (Phi) is 5.91. The molecule has 2 heterocycles. The smallest absolute Gasteiger partial charge is 0.263 e. The fourth-order valence-electron chi connectivity index (χ4n) is 3.62. The van der Waals surface area contributed by atoms with Crippen molar-refractivity contribution < 1.29 is 9.53 Å². The van der Waals surface area contributed by atoms with Gasteiger partial charge >= 0.3 is 0 Å². The first-order valence-corrected chi connectivity index (χ1v) is 11.6. The van der Waals surface area contributed by atoms with E-state index in [0.717, 1.165) is 38.8 Å². The van der Waals surface area contributed by atoms with Gasteiger partial charge in [-0.1, -0.05) is 84.1 Å². The molecule has 6 heteroatoms. The van der Waals surface area contributed by atoms with Crippen LogP contribution in [0.15, 0.2) is 91.1 Å². The van der Waals surface area contributed by atoms with Gasteiger partial charge in [-0.15, -0.1) is 0 Å². The lowest BCUT2D eigenvalue weighted by Crippen LogP contribution is -2.22. The van der Waals surface area contributed by atoms with Crippen LogP contribution in [-0.2, 0) is 13.2 Å². The molecule has 0 fully saturated rings. The molecular weight excluding hydrogens is 430 g/mol. The SMILES string of the molecule is Cc1c(C(=O)NCc2ccc(OCc3ccccc3)cc2)sc2nc(-c3ccccc3)cn12. The molecule has 2 aromatic heterocycles. The topological polar surface area (TPSA) is 55.6 Å². The highest BCUT2D eigenvalue weighted by Crippen LogP contribution is 2.27. The van der Waals surface area contributed by atoms with Crippen molar-refractivity contribution in [2.75, 3.05) is 0 Å². The van der Waals surface area contributed by atoms with E-state index in [1.54, 1.807) is 0 Å². The van der Waals surface area contributed by atoms with E-state index in [1.165, 1.54) is 11.3 Å². The molecule has 164 valence electrons. The molecule has 0 radical (unpaired) electrons. The predicted octanol–water partition coefficient (Wildman–Crippen LogP) is 5.88. The van der Waals surface area contributed by atoms with Gasteiger partial charge in [0.15, 0.2) is 4.96 Å². The number of carbonyl (C=O) groups excluding carboxylic acids is 1. The Balaban J connectivity index is 1.21. The molecule has 0 saturated carbocycles. The lowest BCUT2D eigenvalue weighted by Gasteiger charge is -2.08. The first-order chi connectivity index (χ1) is 16.2. The Labute approximate surface area is 196 Å². The zero-order valence-corrected chi connectivity index (χ0v) is 19.0. The summed E-state index contributed by atoms with van der Waals surface area (Å²) in [5.74, 6) is 0.715. The molecule has 33 heavy (non-hydrogen) atoms. The molecule has 0 aliphatic carbocycles. The number of nitrogens with zero attached hydrogens (tertiary/aromatic N) is 2. The minimum Gasteiger partial charge on any atom is -0.489 e. The Morgan fingerprint density at radius 2 is 1.64 bits per heavy atom. The summed E-state index contributed by atoms with van der Waals surface area (Å²) in [5, 5.41) is 3.02. The van der Waals surface area contributed by atoms with Crippen molar-refractivity contribution in [3.8, 4) is 17.0 Å². The van der Waals surface area contributed by atoms with Crippen LogP contribution >= 0.6 is 11.3 Å². The number of benzene rings is 3. The van der Waals surface area contributed by atoms with Crippen molar-refractivity contribution in [3.63, 3.8) is 0 Å². The third kappa shape index (κ3) is 4.66. The molecule has 0 saturated heterocycles. The molecule has 1 N–H and O–H groups in total. The number of aromatic nitrogens is 2. The molecule has 0 aliphatic heterocycles. The number of fused-ring (bicyclic) bond motifs is 1. The minimum absolute atomic E-state index is 0.0892. The second-order valence-electron chi connectivity index (χ2n) is 7.76. The van der Waals surface area contributed by atoms with Gasteiger partial charge in [-0.05, 0) is 30.2 Å². The standard InChI is InChI=1S/C27H23N3O2S/c1-19-25(33-27-29-24(17-30(19)27)22-10-6-3-7-11-22)26(31)28-16-20-12-14-23(15-13-20)32-18-21-8-4-2-5-9-21/h2-15,17H,16,18H2,1H3,(H,28,31). The lowest BCUT2D eigenvalue weighted by atomic mass is 10.2. The fraction of sp³-hybridized carbons (Fsp3) is 0.111. The van der Waals surface area contributed by atoms with E-state index in [1.807, 2.05) is 102 Å². The maximum absolute atomic E-state index is 12.8. The molecule has 5 nitrogen and oxygen atoms in total. The molecule has 5 aromatic rings. The Morgan fingerprint density at radius 1 is 0.939 bits per heavy atom. The summed E-state index contributed by atoms with van der Waals surface area (Å²) in [4.78, 5) is 19.0. The van der Waals surface area contributed by atoms with E-state index in [9.17, 15) is 4.79 Å². The molecule has 0 spiro atoms. The van der Waals surface area contributed by atoms with Crippen LogP contribution in [0.4, 0.5) is 0 Å². The molecule has 5 rings (SSSR count). The van der Waals surface area contributed by atoms with Crippen molar-refractivity contribution in [1.82, 2.24) is 14.7 Å². The second-order valence-corrected chi connectivity index (χ2v) is 8.74. The number of hydrogen-bond donors (Lipinski definition) is 1. The van der Waals surface area contributed by atoms with Gasteiger partial charge in [0.05, 0.1) is 5.69 Å². The van der Waals surface area contributed by atoms with E-state index in [0.29, 0.717) is 18.0 Å². The minimum atomic E-state index is -0.0892. The maximum Gasteiger partial charge on any atom is 0.263 e. The number of rotatable bonds is 7. The van der Waals surface area contributed by atoms with Gasteiger partial charge in [-0.2, -0.15) is 0 Å². The average Bonchev–Trinajstić information content (AvgIpc) is 3.42. The fourth-order valence-corrected chi connectivity index (χ4v) is 4.64. The number of hydrogen-bond acceptors (Lipinski definition) is 4. The van der Waals surface area contributed by atoms with Crippen LogP contribution in [0.25, 0.3) is 16.2 Å². The number of carbonyl (C=O) groups is 1. The molecule has 1 amide bonds. The van der Waals surface area contributed by atoms with E-state index < -0.39 is 0 Å². The molecule has 3 aromatic carbocycles. The number of nitrogens with one attached hydrogen (secondary N) is 1. The van der Waals surface area contributed by atoms with Gasteiger partial charge in [0.2, 0.25) is 0 Å². The number of thiazole rings is 1. The van der Waals surface area contributed by atoms with Crippen molar-refractivity contribution in [1.29, 1.82) is 0 Å². The zero-order valence-electron chi connectivity index (χ0n) is 18.2. The van der Waals surface area contributed by atoms with Crippen molar-refractivity contribution >= 4 is 22.2 Å². The van der Waals surface area contributed by atoms with E-state index in [2.05, 4.69) is 5.32 Å². The maximum atomic E-state index is 12.8. The van der Waals surface area contributed by atoms with Gasteiger partial charge < -0.3 is 10.1 Å². The van der Waals surface area contributed by atoms with Crippen LogP contribution in [0, 0.1) is 6.92 Å². The summed E-state index contributed by atoms with van der Waals surface area (Å²) in [6.45, 7) is 2.93. The largest absolute Gasteiger partial charge is 0.489 e. The molecule has 0 atom stereocenters. The average molecular weight is 454 g/mol. The summed E-state index contributed by atoms with van der Waals surface area (Å²) in [6.07, 6.45) is 1.99. The third-order valence-electron chi connectivity index (χ3n) is 5.46. The Morgan fingerprint density at radius 3 is 2.33 bits per heavy atom. The summed E-state index contributed by atoms with van der Waals surface area (Å²) < 4.78 is 7.82. The van der Waals surface area contributed by atoms with Crippen LogP contribution in [0.1, 0.15) is 26.5 Å². The van der Waals surface area contributed by atoms with Gasteiger partial charge in [0.25, 0.3) is 5.91 Å². The normalized spacial score (nSPS) is 10.9. The van der Waals surface area contributed by atoms with Gasteiger partial charge in [0, 0.05) is 24.0 Å². The van der Waals surface area contributed by atoms with Crippen LogP contribution in [0.3, 0.4) is 0 Å². The van der Waals surface area contributed by atoms with E-state index in [4.69, 9.17) is 9.72 Å². The highest BCUT2D eigenvalue weighted by molar-refractivity contribution is 7.19. The lowest BCUT2D eigenvalue weighted by molar-refractivity contribution is 0.0954. The van der Waals surface area contributed by atoms with Crippen molar-refractivity contribution in [2.45, 2.75) is 20.1 Å². The summed E-state index contributed by atoms with van der Waals surface area (Å²) in [5.41, 5.74) is 5.01. The Hall–Kier alpha value is -3.90. The first-order valence-electron chi connectivity index (χ1n) is 10.7. The van der Waals surface area contributed by atoms with Crippen LogP contribution in [0.5, 0.6) is 5.75 Å². The van der Waals surface area contributed by atoms with Crippen LogP contribution < -0.4 is 10.1 Å². The van der Waals surface area contributed by atoms with Crippen molar-refractivity contribution in [2.24, 2.45) is 0 Å². The van der Waals surface area contributed by atoms with E-state index in [-0.39, 0.29) is 5.91 Å². The summed E-state index contributed by atoms with van der Waals surface area (Å²) in [6, 6.07) is 27.9. The molecule has 0 aliphatic rings. The van der Waals surface area contributed by atoms with Gasteiger partial charge in [-0.25, -0.2) is 4.98 Å². The Bertz CT molecular complexity index is 1370. The van der Waals surface area contributed by atoms with Crippen molar-refractivity contribution in [3.05, 3.63) is 113 Å². The number of aryl methyl sites for hydroxylation is 1. The third-order valence-corrected chi connectivity index (χ3v) is 6.61. The number of ether oxygens (including phenoxy) is 1. The van der Waals surface area contributed by atoms with Gasteiger partial charge in [-0.3, -0.25) is 9.20 Å². The predicted molar refractivity (Wildman–Crippen MR) is 132 cm³/mol. The number of imidazole rings is 1. The first kappa shape index (κ1) is 21.0. The van der Waals surface area contributed by atoms with Crippen LogP contribution in [0.2, 0.25) is 0 Å². The molecular formula is C27H23N3O2S. The zero-order chi connectivity index (χ0) is 22.6. The summed E-state index contributed by atoms with van der Waals surface area (Å²) in [7, 11) is 0. The van der Waals surface area contributed by atoms with Gasteiger partial charge in [0.1, 0.15) is 17.2 Å². The quantitative estimate of drug-likeness (QED) is 0.335. The monoisotopic (exact) mass is 453 g/mol. The van der Waals surface area contributed by atoms with E-state index >= 15 is 0 Å². The number of amides is 1. The second kappa shape index (κ2) is 9.30. The molecule has 0 unspecified atom stereocenters. The highest BCUT2D eigenvalue weighted by Gasteiger charge is 2.18. The van der Waals surface area contributed by atoms with Crippen LogP contribution in [-0.4, -0.2) is 15.3 Å².